The summed E-state index contributed by atoms with van der Waals surface area (Å²) in [6, 6.07) is 10.6. The first-order valence-corrected chi connectivity index (χ1v) is 7.92. The van der Waals surface area contributed by atoms with Crippen LogP contribution in [-0.2, 0) is 4.74 Å². The zero-order valence-electron chi connectivity index (χ0n) is 12.1. The molecule has 0 amide bonds. The Morgan fingerprint density at radius 3 is 2.80 bits per heavy atom. The minimum Gasteiger partial charge on any atom is -0.492 e. The molecule has 1 heterocycles. The van der Waals surface area contributed by atoms with E-state index in [1.54, 1.807) is 0 Å². The molecule has 0 aromatic heterocycles. The summed E-state index contributed by atoms with van der Waals surface area (Å²) in [6.45, 7) is 2.56. The Labute approximate surface area is 121 Å². The van der Waals surface area contributed by atoms with Crippen molar-refractivity contribution < 1.29 is 9.47 Å². The third-order valence-corrected chi connectivity index (χ3v) is 4.55. The fraction of sp³-hybridized carbons (Fsp3) is 0.647. The van der Waals surface area contributed by atoms with Crippen LogP contribution in [0.4, 0.5) is 0 Å². The largest absolute Gasteiger partial charge is 0.492 e. The molecule has 3 heteroatoms. The smallest absolute Gasteiger partial charge is 0.119 e. The van der Waals surface area contributed by atoms with Gasteiger partial charge in [-0.05, 0) is 37.8 Å². The molecule has 1 aliphatic carbocycles. The molecular formula is C17H25NO2. The van der Waals surface area contributed by atoms with Crippen molar-refractivity contribution >= 4 is 0 Å². The number of ether oxygens (including phenoxy) is 2. The van der Waals surface area contributed by atoms with Gasteiger partial charge in [0.2, 0.25) is 0 Å². The third kappa shape index (κ3) is 3.53. The highest BCUT2D eigenvalue weighted by Gasteiger charge is 2.39. The van der Waals surface area contributed by atoms with Gasteiger partial charge in [0.05, 0.1) is 5.60 Å². The first-order chi connectivity index (χ1) is 9.86. The molecule has 2 fully saturated rings. The predicted octanol–water partition coefficient (Wildman–Crippen LogP) is 3.15. The Balaban J connectivity index is 1.38. The summed E-state index contributed by atoms with van der Waals surface area (Å²) in [4.78, 5) is 0. The maximum atomic E-state index is 6.06. The highest BCUT2D eigenvalue weighted by atomic mass is 16.5. The summed E-state index contributed by atoms with van der Waals surface area (Å²) < 4.78 is 11.8. The van der Waals surface area contributed by atoms with Crippen LogP contribution in [0.15, 0.2) is 30.3 Å². The van der Waals surface area contributed by atoms with Crippen LogP contribution in [0.1, 0.15) is 38.5 Å². The Bertz CT molecular complexity index is 401. The molecule has 3 nitrogen and oxygen atoms in total. The van der Waals surface area contributed by atoms with Gasteiger partial charge in [0.1, 0.15) is 12.4 Å². The maximum absolute atomic E-state index is 6.06. The molecule has 110 valence electrons. The van der Waals surface area contributed by atoms with E-state index in [9.17, 15) is 0 Å². The second-order valence-electron chi connectivity index (χ2n) is 6.04. The normalized spacial score (nSPS) is 24.9. The quantitative estimate of drug-likeness (QED) is 0.837. The highest BCUT2D eigenvalue weighted by Crippen LogP contribution is 2.39. The fourth-order valence-corrected chi connectivity index (χ4v) is 3.52. The van der Waals surface area contributed by atoms with Gasteiger partial charge in [-0.1, -0.05) is 31.0 Å². The molecular weight excluding hydrogens is 250 g/mol. The van der Waals surface area contributed by atoms with Crippen molar-refractivity contribution in [3.05, 3.63) is 30.3 Å². The van der Waals surface area contributed by atoms with Gasteiger partial charge >= 0.3 is 0 Å². The number of hydrogen-bond donors (Lipinski definition) is 1. The van der Waals surface area contributed by atoms with Crippen LogP contribution in [0.2, 0.25) is 0 Å². The Morgan fingerprint density at radius 1 is 1.20 bits per heavy atom. The average molecular weight is 275 g/mol. The molecule has 1 aromatic carbocycles. The summed E-state index contributed by atoms with van der Waals surface area (Å²) in [6.07, 6.45) is 7.50. The second-order valence-corrected chi connectivity index (χ2v) is 6.04. The van der Waals surface area contributed by atoms with Gasteiger partial charge < -0.3 is 14.8 Å². The van der Waals surface area contributed by atoms with Crippen molar-refractivity contribution in [1.29, 1.82) is 0 Å². The van der Waals surface area contributed by atoms with Gasteiger partial charge in [-0.25, -0.2) is 0 Å². The summed E-state index contributed by atoms with van der Waals surface area (Å²) >= 11 is 0. The average Bonchev–Trinajstić information content (AvgIpc) is 2.93. The lowest BCUT2D eigenvalue weighted by molar-refractivity contribution is -0.0837. The summed E-state index contributed by atoms with van der Waals surface area (Å²) in [5.41, 5.74) is 0.205. The monoisotopic (exact) mass is 275 g/mol. The van der Waals surface area contributed by atoms with Crippen molar-refractivity contribution in [2.75, 3.05) is 19.8 Å². The lowest BCUT2D eigenvalue weighted by atomic mass is 9.89. The van der Waals surface area contributed by atoms with Gasteiger partial charge in [0.15, 0.2) is 0 Å². The second kappa shape index (κ2) is 6.59. The van der Waals surface area contributed by atoms with E-state index in [4.69, 9.17) is 9.47 Å². The molecule has 0 radical (unpaired) electrons. The lowest BCUT2D eigenvalue weighted by Gasteiger charge is -2.38. The Hall–Kier alpha value is -1.06. The number of hydrogen-bond acceptors (Lipinski definition) is 3. The molecule has 1 aliphatic heterocycles. The van der Waals surface area contributed by atoms with Gasteiger partial charge in [0, 0.05) is 19.2 Å². The van der Waals surface area contributed by atoms with Gasteiger partial charge in [0.25, 0.3) is 0 Å². The molecule has 1 saturated carbocycles. The molecule has 1 unspecified atom stereocenters. The minimum atomic E-state index is 0.205. The van der Waals surface area contributed by atoms with Crippen LogP contribution in [0.25, 0.3) is 0 Å². The van der Waals surface area contributed by atoms with Crippen LogP contribution >= 0.6 is 0 Å². The number of nitrogens with one attached hydrogen (secondary N) is 1. The molecule has 2 aliphatic rings. The first-order valence-electron chi connectivity index (χ1n) is 7.92. The van der Waals surface area contributed by atoms with Gasteiger partial charge in [-0.3, -0.25) is 0 Å². The van der Waals surface area contributed by atoms with Gasteiger partial charge in [-0.2, -0.15) is 0 Å². The molecule has 20 heavy (non-hydrogen) atoms. The summed E-state index contributed by atoms with van der Waals surface area (Å²) in [5, 5.41) is 3.64. The van der Waals surface area contributed by atoms with E-state index in [0.29, 0.717) is 6.04 Å². The molecule has 1 atom stereocenters. The molecule has 3 rings (SSSR count). The van der Waals surface area contributed by atoms with E-state index in [1.165, 1.54) is 32.1 Å². The third-order valence-electron chi connectivity index (χ3n) is 4.55. The van der Waals surface area contributed by atoms with E-state index >= 15 is 0 Å². The van der Waals surface area contributed by atoms with E-state index in [1.807, 2.05) is 30.3 Å². The first kappa shape index (κ1) is 13.9. The lowest BCUT2D eigenvalue weighted by Crippen LogP contribution is -2.46. The zero-order chi connectivity index (χ0) is 13.7. The standard InChI is InChI=1S/C17H25NO2/c1-2-6-16(7-3-1)19-13-11-18-15-8-12-20-17(14-15)9-4-5-10-17/h1-3,6-7,15,18H,4-5,8-14H2. The van der Waals surface area contributed by atoms with Crippen LogP contribution < -0.4 is 10.1 Å². The van der Waals surface area contributed by atoms with E-state index in [0.717, 1.165) is 31.9 Å². The number of benzene rings is 1. The molecule has 1 N–H and O–H groups in total. The predicted molar refractivity (Wildman–Crippen MR) is 80.1 cm³/mol. The summed E-state index contributed by atoms with van der Waals surface area (Å²) in [5.74, 6) is 0.952. The topological polar surface area (TPSA) is 30.5 Å². The van der Waals surface area contributed by atoms with Crippen molar-refractivity contribution in [2.45, 2.75) is 50.2 Å². The number of para-hydroxylation sites is 1. The summed E-state index contributed by atoms with van der Waals surface area (Å²) in [7, 11) is 0. The Kier molecular flexibility index (Phi) is 4.58. The molecule has 1 aromatic rings. The van der Waals surface area contributed by atoms with Crippen molar-refractivity contribution in [3.8, 4) is 5.75 Å². The van der Waals surface area contributed by atoms with Gasteiger partial charge in [-0.15, -0.1) is 0 Å². The minimum absolute atomic E-state index is 0.205. The SMILES string of the molecule is c1ccc(OCCNC2CCOC3(CCCC3)C2)cc1. The van der Waals surface area contributed by atoms with E-state index in [-0.39, 0.29) is 5.60 Å². The van der Waals surface area contributed by atoms with E-state index in [2.05, 4.69) is 5.32 Å². The van der Waals surface area contributed by atoms with Crippen LogP contribution in [0.3, 0.4) is 0 Å². The van der Waals surface area contributed by atoms with Crippen LogP contribution in [-0.4, -0.2) is 31.4 Å². The Morgan fingerprint density at radius 2 is 2.00 bits per heavy atom. The zero-order valence-corrected chi connectivity index (χ0v) is 12.1. The van der Waals surface area contributed by atoms with E-state index < -0.39 is 0 Å². The molecule has 0 bridgehead atoms. The molecule has 1 spiro atoms. The van der Waals surface area contributed by atoms with Crippen LogP contribution in [0.5, 0.6) is 5.75 Å². The van der Waals surface area contributed by atoms with Crippen molar-refractivity contribution in [2.24, 2.45) is 0 Å². The maximum Gasteiger partial charge on any atom is 0.119 e. The highest BCUT2D eigenvalue weighted by molar-refractivity contribution is 5.20. The molecule has 1 saturated heterocycles. The van der Waals surface area contributed by atoms with Crippen LogP contribution in [0, 0.1) is 0 Å². The van der Waals surface area contributed by atoms with Crippen molar-refractivity contribution in [1.82, 2.24) is 5.32 Å². The van der Waals surface area contributed by atoms with Crippen molar-refractivity contribution in [3.63, 3.8) is 0 Å². The fourth-order valence-electron chi connectivity index (χ4n) is 3.52. The number of rotatable bonds is 5.